The molecule has 54 heavy (non-hydrogen) atoms. The number of rotatable bonds is 3. The Morgan fingerprint density at radius 2 is 1.07 bits per heavy atom. The van der Waals surface area contributed by atoms with Crippen LogP contribution in [0, 0.1) is 0 Å². The van der Waals surface area contributed by atoms with Gasteiger partial charge in [-0.1, -0.05) is 143 Å². The van der Waals surface area contributed by atoms with Crippen LogP contribution in [0.4, 0.5) is 0 Å². The van der Waals surface area contributed by atoms with Crippen LogP contribution >= 0.6 is 0 Å². The summed E-state index contributed by atoms with van der Waals surface area (Å²) in [5, 5.41) is 10.3. The first-order valence-electron chi connectivity index (χ1n) is 19.4. The Kier molecular flexibility index (Phi) is 6.51. The molecule has 0 amide bonds. The molecule has 0 radical (unpaired) electrons. The maximum Gasteiger partial charge on any atom is 0.0581 e. The molecule has 0 aliphatic heterocycles. The quantitative estimate of drug-likeness (QED) is 0.174. The predicted molar refractivity (Wildman–Crippen MR) is 231 cm³/mol. The van der Waals surface area contributed by atoms with Gasteiger partial charge in [0.05, 0.1) is 22.1 Å². The first kappa shape index (κ1) is 31.4. The van der Waals surface area contributed by atoms with Crippen LogP contribution in [0.15, 0.2) is 158 Å². The van der Waals surface area contributed by atoms with Gasteiger partial charge < -0.3 is 9.13 Å². The molecule has 0 unspecified atom stereocenters. The van der Waals surface area contributed by atoms with Crippen molar-refractivity contribution in [1.82, 2.24) is 9.13 Å². The lowest BCUT2D eigenvalue weighted by molar-refractivity contribution is 0.334. The van der Waals surface area contributed by atoms with Crippen molar-refractivity contribution in [2.75, 3.05) is 0 Å². The fraction of sp³-hybridized carbons (Fsp3) is 0.154. The number of hydrogen-bond donors (Lipinski definition) is 0. The third-order valence-corrected chi connectivity index (χ3v) is 12.7. The van der Waals surface area contributed by atoms with Crippen LogP contribution in [0.1, 0.15) is 51.7 Å². The van der Waals surface area contributed by atoms with Gasteiger partial charge in [0.2, 0.25) is 0 Å². The van der Waals surface area contributed by atoms with Gasteiger partial charge in [0.15, 0.2) is 0 Å². The molecule has 0 fully saturated rings. The monoisotopic (exact) mass is 694 g/mol. The molecule has 1 aliphatic carbocycles. The first-order valence-corrected chi connectivity index (χ1v) is 19.4. The van der Waals surface area contributed by atoms with Gasteiger partial charge in [-0.15, -0.1) is 0 Å². The summed E-state index contributed by atoms with van der Waals surface area (Å²) in [5.74, 6) is 0. The molecule has 2 heteroatoms. The molecule has 0 bridgehead atoms. The van der Waals surface area contributed by atoms with E-state index in [0.29, 0.717) is 0 Å². The molecule has 0 spiro atoms. The fourth-order valence-corrected chi connectivity index (χ4v) is 9.91. The van der Waals surface area contributed by atoms with E-state index in [-0.39, 0.29) is 10.8 Å². The van der Waals surface area contributed by atoms with Crippen LogP contribution in [0.5, 0.6) is 0 Å². The SMILES string of the molecule is CC1(C)CCC(C)(C)c2c1ccc1c3cc4c5c6ccccc6ccc5n(-c5ccc(-c6cccc7ccccc67)cc5)c4cc3n(-c3ccccc3)c21. The molecule has 260 valence electrons. The molecule has 0 saturated carbocycles. The molecule has 0 atom stereocenters. The van der Waals surface area contributed by atoms with E-state index in [0.717, 1.165) is 5.69 Å². The van der Waals surface area contributed by atoms with Crippen molar-refractivity contribution >= 4 is 65.2 Å². The molecule has 11 rings (SSSR count). The van der Waals surface area contributed by atoms with Gasteiger partial charge in [0.1, 0.15) is 0 Å². The van der Waals surface area contributed by atoms with Crippen LogP contribution in [0.25, 0.3) is 87.7 Å². The minimum atomic E-state index is 0.0503. The molecule has 2 heterocycles. The minimum Gasteiger partial charge on any atom is -0.309 e. The Labute approximate surface area is 315 Å². The van der Waals surface area contributed by atoms with E-state index in [1.165, 1.54) is 106 Å². The molecule has 2 nitrogen and oxygen atoms in total. The summed E-state index contributed by atoms with van der Waals surface area (Å²) >= 11 is 0. The molecular formula is C52H42N2. The molecular weight excluding hydrogens is 653 g/mol. The Hall–Kier alpha value is -6.12. The van der Waals surface area contributed by atoms with E-state index in [1.807, 2.05) is 0 Å². The Balaban J connectivity index is 1.26. The smallest absolute Gasteiger partial charge is 0.0581 e. The number of fused-ring (bicyclic) bond motifs is 11. The lowest BCUT2D eigenvalue weighted by Crippen LogP contribution is -2.34. The molecule has 1 aliphatic rings. The Morgan fingerprint density at radius 3 is 1.87 bits per heavy atom. The minimum absolute atomic E-state index is 0.0503. The van der Waals surface area contributed by atoms with Gasteiger partial charge in [-0.25, -0.2) is 0 Å². The van der Waals surface area contributed by atoms with E-state index in [9.17, 15) is 0 Å². The molecule has 0 N–H and O–H groups in total. The van der Waals surface area contributed by atoms with Gasteiger partial charge in [-0.2, -0.15) is 0 Å². The second-order valence-corrected chi connectivity index (χ2v) is 16.8. The Morgan fingerprint density at radius 1 is 0.426 bits per heavy atom. The predicted octanol–water partition coefficient (Wildman–Crippen LogP) is 14.2. The van der Waals surface area contributed by atoms with Crippen molar-refractivity contribution in [2.24, 2.45) is 0 Å². The highest BCUT2D eigenvalue weighted by Crippen LogP contribution is 2.51. The van der Waals surface area contributed by atoms with E-state index < -0.39 is 0 Å². The first-order chi connectivity index (χ1) is 26.3. The third-order valence-electron chi connectivity index (χ3n) is 12.7. The second kappa shape index (κ2) is 11.2. The van der Waals surface area contributed by atoms with Crippen molar-refractivity contribution in [3.8, 4) is 22.5 Å². The van der Waals surface area contributed by atoms with Gasteiger partial charge >= 0.3 is 0 Å². The van der Waals surface area contributed by atoms with Crippen molar-refractivity contribution < 1.29 is 0 Å². The third kappa shape index (κ3) is 4.40. The lowest BCUT2D eigenvalue weighted by atomic mass is 9.62. The van der Waals surface area contributed by atoms with Crippen LogP contribution in [-0.2, 0) is 10.8 Å². The van der Waals surface area contributed by atoms with Crippen molar-refractivity contribution in [3.63, 3.8) is 0 Å². The molecule has 0 saturated heterocycles. The largest absolute Gasteiger partial charge is 0.309 e. The van der Waals surface area contributed by atoms with Crippen LogP contribution in [0.2, 0.25) is 0 Å². The van der Waals surface area contributed by atoms with E-state index in [2.05, 4.69) is 195 Å². The van der Waals surface area contributed by atoms with Crippen molar-refractivity contribution in [3.05, 3.63) is 169 Å². The maximum absolute atomic E-state index is 2.58. The molecule has 8 aromatic carbocycles. The standard InChI is InChI=1S/C52H42N2/c1-51(2)29-30-52(3,4)49-44(51)27-26-41-42-31-43-47(32-46(42)54(50(41)49)36-16-6-5-7-17-36)53(45-28-23-34-14-9-11-19-40(34)48(43)45)37-24-21-35(22-25-37)39-20-12-15-33-13-8-10-18-38(33)39/h5-28,31-32H,29-30H2,1-4H3. The van der Waals surface area contributed by atoms with E-state index in [1.54, 1.807) is 0 Å². The highest BCUT2D eigenvalue weighted by Gasteiger charge is 2.39. The van der Waals surface area contributed by atoms with Gasteiger partial charge in [-0.05, 0) is 110 Å². The summed E-state index contributed by atoms with van der Waals surface area (Å²) < 4.78 is 5.08. The normalized spacial score (nSPS) is 15.2. The summed E-state index contributed by atoms with van der Waals surface area (Å²) in [5.41, 5.74) is 13.1. The number of hydrogen-bond acceptors (Lipinski definition) is 0. The Bertz CT molecular complexity index is 3130. The summed E-state index contributed by atoms with van der Waals surface area (Å²) in [6.07, 6.45) is 2.36. The average molecular weight is 695 g/mol. The van der Waals surface area contributed by atoms with E-state index in [4.69, 9.17) is 0 Å². The highest BCUT2D eigenvalue weighted by atomic mass is 15.0. The summed E-state index contributed by atoms with van der Waals surface area (Å²) in [7, 11) is 0. The summed E-state index contributed by atoms with van der Waals surface area (Å²) in [6.45, 7) is 9.78. The van der Waals surface area contributed by atoms with Crippen LogP contribution in [-0.4, -0.2) is 9.13 Å². The fourth-order valence-electron chi connectivity index (χ4n) is 9.91. The zero-order chi connectivity index (χ0) is 36.3. The van der Waals surface area contributed by atoms with Crippen LogP contribution < -0.4 is 0 Å². The maximum atomic E-state index is 2.58. The second-order valence-electron chi connectivity index (χ2n) is 16.8. The van der Waals surface area contributed by atoms with E-state index >= 15 is 0 Å². The highest BCUT2D eigenvalue weighted by molar-refractivity contribution is 6.25. The summed E-state index contributed by atoms with van der Waals surface area (Å²) in [6, 6.07) is 58.9. The number of benzene rings is 8. The zero-order valence-electron chi connectivity index (χ0n) is 31.3. The lowest BCUT2D eigenvalue weighted by Gasteiger charge is -2.42. The van der Waals surface area contributed by atoms with Crippen molar-refractivity contribution in [2.45, 2.75) is 51.4 Å². The zero-order valence-corrected chi connectivity index (χ0v) is 31.3. The topological polar surface area (TPSA) is 9.86 Å². The summed E-state index contributed by atoms with van der Waals surface area (Å²) in [4.78, 5) is 0. The van der Waals surface area contributed by atoms with Gasteiger partial charge in [0.25, 0.3) is 0 Å². The number of aromatic nitrogens is 2. The number of nitrogens with zero attached hydrogens (tertiary/aromatic N) is 2. The number of para-hydroxylation sites is 1. The van der Waals surface area contributed by atoms with Crippen molar-refractivity contribution in [1.29, 1.82) is 0 Å². The average Bonchev–Trinajstić information content (AvgIpc) is 3.71. The van der Waals surface area contributed by atoms with Gasteiger partial charge in [-0.3, -0.25) is 0 Å². The van der Waals surface area contributed by atoms with Gasteiger partial charge in [0, 0.05) is 32.9 Å². The molecule has 10 aromatic rings. The molecule has 2 aromatic heterocycles. The van der Waals surface area contributed by atoms with Crippen LogP contribution in [0.3, 0.4) is 0 Å².